The summed E-state index contributed by atoms with van der Waals surface area (Å²) in [4.78, 5) is 42.9. The molecule has 1 aromatic heterocycles. The van der Waals surface area contributed by atoms with Crippen LogP contribution in [0.3, 0.4) is 0 Å². The molecule has 1 aliphatic carbocycles. The number of carbonyl (C=O) groups is 3. The largest absolute Gasteiger partial charge is 0.467 e. The summed E-state index contributed by atoms with van der Waals surface area (Å²) in [7, 11) is 0. The van der Waals surface area contributed by atoms with E-state index in [-0.39, 0.29) is 30.7 Å². The van der Waals surface area contributed by atoms with Crippen molar-refractivity contribution in [2.75, 3.05) is 18.7 Å². The average Bonchev–Trinajstić information content (AvgIpc) is 3.08. The third kappa shape index (κ3) is 3.52. The van der Waals surface area contributed by atoms with Crippen molar-refractivity contribution in [3.63, 3.8) is 0 Å². The van der Waals surface area contributed by atoms with E-state index in [1.807, 2.05) is 18.2 Å². The molecule has 34 heavy (non-hydrogen) atoms. The van der Waals surface area contributed by atoms with Crippen LogP contribution in [0.5, 0.6) is 5.75 Å². The summed E-state index contributed by atoms with van der Waals surface area (Å²) >= 11 is 0. The first kappa shape index (κ1) is 21.8. The maximum atomic E-state index is 13.6. The van der Waals surface area contributed by atoms with E-state index in [9.17, 15) is 14.4 Å². The number of pyridine rings is 1. The fourth-order valence-electron chi connectivity index (χ4n) is 4.44. The standard InChI is InChI=1S/C26H22N2O6/c1-4-33-26(31)21-13(2)27-24-19-10-17(28-14(3)29)7-8-18(19)25(30)23(24)22(21)15-5-6-16-11-32-12-34-20(16)9-15/h5-10H,4,11-12H2,1-3H3,(H,28,29). The Hall–Kier alpha value is -4.04. The Balaban J connectivity index is 1.77. The van der Waals surface area contributed by atoms with Crippen LogP contribution in [-0.2, 0) is 20.9 Å². The van der Waals surface area contributed by atoms with Gasteiger partial charge in [-0.15, -0.1) is 0 Å². The number of aryl methyl sites for hydroxylation is 1. The van der Waals surface area contributed by atoms with Gasteiger partial charge in [0.05, 0.1) is 35.7 Å². The van der Waals surface area contributed by atoms with Gasteiger partial charge in [-0.3, -0.25) is 14.6 Å². The lowest BCUT2D eigenvalue weighted by Crippen LogP contribution is -2.14. The number of fused-ring (bicyclic) bond motifs is 4. The molecule has 1 aliphatic heterocycles. The molecule has 0 unspecified atom stereocenters. The minimum Gasteiger partial charge on any atom is -0.467 e. The highest BCUT2D eigenvalue weighted by atomic mass is 16.7. The minimum absolute atomic E-state index is 0.130. The highest BCUT2D eigenvalue weighted by Gasteiger charge is 2.36. The number of benzene rings is 2. The molecule has 2 heterocycles. The van der Waals surface area contributed by atoms with E-state index >= 15 is 0 Å². The number of rotatable bonds is 4. The Morgan fingerprint density at radius 2 is 1.94 bits per heavy atom. The monoisotopic (exact) mass is 458 g/mol. The molecule has 8 nitrogen and oxygen atoms in total. The van der Waals surface area contributed by atoms with E-state index in [1.54, 1.807) is 32.0 Å². The second-order valence-corrected chi connectivity index (χ2v) is 8.10. The molecule has 0 fully saturated rings. The highest BCUT2D eigenvalue weighted by molar-refractivity contribution is 6.26. The van der Waals surface area contributed by atoms with Crippen molar-refractivity contribution in [1.82, 2.24) is 4.98 Å². The van der Waals surface area contributed by atoms with Crippen LogP contribution >= 0.6 is 0 Å². The van der Waals surface area contributed by atoms with Crippen LogP contribution in [0.25, 0.3) is 22.4 Å². The van der Waals surface area contributed by atoms with Crippen LogP contribution in [0, 0.1) is 6.92 Å². The number of ether oxygens (including phenoxy) is 3. The summed E-state index contributed by atoms with van der Waals surface area (Å²) in [6, 6.07) is 10.6. The van der Waals surface area contributed by atoms with Crippen LogP contribution in [0.15, 0.2) is 36.4 Å². The zero-order valence-corrected chi connectivity index (χ0v) is 19.0. The molecule has 0 saturated carbocycles. The van der Waals surface area contributed by atoms with Crippen LogP contribution in [-0.4, -0.2) is 36.0 Å². The van der Waals surface area contributed by atoms with Crippen LogP contribution in [0.4, 0.5) is 5.69 Å². The lowest BCUT2D eigenvalue weighted by atomic mass is 9.91. The Morgan fingerprint density at radius 1 is 1.12 bits per heavy atom. The van der Waals surface area contributed by atoms with Gasteiger partial charge in [0.15, 0.2) is 12.6 Å². The molecule has 3 aromatic rings. The van der Waals surface area contributed by atoms with Gasteiger partial charge in [-0.05, 0) is 43.7 Å². The number of anilines is 1. The Labute approximate surface area is 195 Å². The molecule has 0 bridgehead atoms. The summed E-state index contributed by atoms with van der Waals surface area (Å²) in [5.41, 5.74) is 5.10. The van der Waals surface area contributed by atoms with E-state index in [0.717, 1.165) is 5.56 Å². The van der Waals surface area contributed by atoms with Crippen LogP contribution in [0.1, 0.15) is 51.4 Å². The first-order chi connectivity index (χ1) is 16.4. The van der Waals surface area contributed by atoms with Crippen LogP contribution < -0.4 is 10.1 Å². The molecule has 1 N–H and O–H groups in total. The maximum absolute atomic E-state index is 13.6. The third-order valence-electron chi connectivity index (χ3n) is 5.84. The third-order valence-corrected chi connectivity index (χ3v) is 5.84. The van der Waals surface area contributed by atoms with Gasteiger partial charge in [-0.2, -0.15) is 0 Å². The molecular weight excluding hydrogens is 436 g/mol. The van der Waals surface area contributed by atoms with E-state index in [1.165, 1.54) is 6.92 Å². The van der Waals surface area contributed by atoms with Crippen molar-refractivity contribution in [3.05, 3.63) is 64.3 Å². The van der Waals surface area contributed by atoms with Crippen molar-refractivity contribution in [3.8, 4) is 28.1 Å². The van der Waals surface area contributed by atoms with E-state index < -0.39 is 5.97 Å². The SMILES string of the molecule is CCOC(=O)c1c(C)nc2c(c1-c1ccc3c(c1)OCOC3)C(=O)c1ccc(NC(C)=O)cc1-2. The lowest BCUT2D eigenvalue weighted by molar-refractivity contribution is -0.114. The molecule has 2 aromatic carbocycles. The summed E-state index contributed by atoms with van der Waals surface area (Å²) in [6.07, 6.45) is 0. The Kier molecular flexibility index (Phi) is 5.37. The Morgan fingerprint density at radius 3 is 2.71 bits per heavy atom. The fourth-order valence-corrected chi connectivity index (χ4v) is 4.44. The van der Waals surface area contributed by atoms with E-state index in [4.69, 9.17) is 14.2 Å². The smallest absolute Gasteiger partial charge is 0.340 e. The minimum atomic E-state index is -0.546. The normalized spacial score (nSPS) is 13.4. The Bertz CT molecular complexity index is 1380. The fraction of sp³-hybridized carbons (Fsp3) is 0.231. The van der Waals surface area contributed by atoms with Gasteiger partial charge in [0.1, 0.15) is 5.75 Å². The number of hydrogen-bond donors (Lipinski definition) is 1. The van der Waals surface area contributed by atoms with Gasteiger partial charge < -0.3 is 19.5 Å². The summed E-state index contributed by atoms with van der Waals surface area (Å²) < 4.78 is 16.3. The zero-order chi connectivity index (χ0) is 24.0. The molecule has 0 spiro atoms. The first-order valence-electron chi connectivity index (χ1n) is 10.9. The van der Waals surface area contributed by atoms with Crippen molar-refractivity contribution in [1.29, 1.82) is 0 Å². The van der Waals surface area contributed by atoms with E-state index in [2.05, 4.69) is 10.3 Å². The van der Waals surface area contributed by atoms with Gasteiger partial charge in [0.2, 0.25) is 5.91 Å². The number of carbonyl (C=O) groups excluding carboxylic acids is 3. The number of hydrogen-bond acceptors (Lipinski definition) is 7. The van der Waals surface area contributed by atoms with Crippen LogP contribution in [0.2, 0.25) is 0 Å². The molecular formula is C26H22N2O6. The second-order valence-electron chi connectivity index (χ2n) is 8.10. The van der Waals surface area contributed by atoms with Gasteiger partial charge >= 0.3 is 5.97 Å². The summed E-state index contributed by atoms with van der Waals surface area (Å²) in [5, 5.41) is 2.74. The second kappa shape index (κ2) is 8.39. The first-order valence-corrected chi connectivity index (χ1v) is 10.9. The van der Waals surface area contributed by atoms with Gasteiger partial charge in [0, 0.05) is 34.9 Å². The molecule has 172 valence electrons. The van der Waals surface area contributed by atoms with Gasteiger partial charge in [-0.1, -0.05) is 12.1 Å². The quantitative estimate of drug-likeness (QED) is 0.456. The summed E-state index contributed by atoms with van der Waals surface area (Å²) in [5.74, 6) is -0.368. The zero-order valence-electron chi connectivity index (χ0n) is 19.0. The number of amides is 1. The molecule has 0 saturated heterocycles. The molecule has 5 rings (SSSR count). The topological polar surface area (TPSA) is 104 Å². The number of esters is 1. The van der Waals surface area contributed by atoms with Gasteiger partial charge in [0.25, 0.3) is 0 Å². The van der Waals surface area contributed by atoms with Crippen molar-refractivity contribution >= 4 is 23.3 Å². The van der Waals surface area contributed by atoms with E-state index in [0.29, 0.717) is 57.2 Å². The average molecular weight is 458 g/mol. The van der Waals surface area contributed by atoms with Crippen molar-refractivity contribution < 1.29 is 28.6 Å². The lowest BCUT2D eigenvalue weighted by Gasteiger charge is -2.20. The number of aromatic nitrogens is 1. The number of nitrogens with one attached hydrogen (secondary N) is 1. The molecule has 0 atom stereocenters. The van der Waals surface area contributed by atoms with Gasteiger partial charge in [-0.25, -0.2) is 4.79 Å². The summed E-state index contributed by atoms with van der Waals surface area (Å²) in [6.45, 7) is 5.61. The molecule has 8 heteroatoms. The number of nitrogens with zero attached hydrogens (tertiary/aromatic N) is 1. The molecule has 2 aliphatic rings. The highest BCUT2D eigenvalue weighted by Crippen LogP contribution is 2.45. The van der Waals surface area contributed by atoms with Crippen molar-refractivity contribution in [2.45, 2.75) is 27.4 Å². The maximum Gasteiger partial charge on any atom is 0.340 e. The molecule has 0 radical (unpaired) electrons. The predicted molar refractivity (Wildman–Crippen MR) is 124 cm³/mol. The number of ketones is 1. The molecule has 1 amide bonds. The van der Waals surface area contributed by atoms with Crippen molar-refractivity contribution in [2.24, 2.45) is 0 Å². The predicted octanol–water partition coefficient (Wildman–Crippen LogP) is 4.27.